The number of amides is 1. The fourth-order valence-electron chi connectivity index (χ4n) is 1.53. The number of hydrogen-bond acceptors (Lipinski definition) is 3. The summed E-state index contributed by atoms with van der Waals surface area (Å²) < 4.78 is 0. The topological polar surface area (TPSA) is 52.2 Å². The molecule has 0 saturated carbocycles. The van der Waals surface area contributed by atoms with E-state index < -0.39 is 0 Å². The summed E-state index contributed by atoms with van der Waals surface area (Å²) in [7, 11) is 5.45. The Morgan fingerprint density at radius 1 is 1.53 bits per heavy atom. The lowest BCUT2D eigenvalue weighted by Crippen LogP contribution is -2.44. The van der Waals surface area contributed by atoms with Crippen LogP contribution in [0.15, 0.2) is 12.4 Å². The molecule has 0 spiro atoms. The van der Waals surface area contributed by atoms with Gasteiger partial charge in [-0.25, -0.2) is 0 Å². The quantitative estimate of drug-likeness (QED) is 0.796. The monoisotopic (exact) mass is 210 g/mol. The van der Waals surface area contributed by atoms with Crippen molar-refractivity contribution in [2.45, 2.75) is 19.4 Å². The van der Waals surface area contributed by atoms with Crippen molar-refractivity contribution in [3.8, 4) is 0 Å². The smallest absolute Gasteiger partial charge is 0.244 e. The molecule has 0 aliphatic heterocycles. The third kappa shape index (κ3) is 2.49. The number of likely N-dealkylation sites (N-methyl/N-ethyl adjacent to an activating group) is 2. The lowest BCUT2D eigenvalue weighted by molar-refractivity contribution is -0.130. The minimum Gasteiger partial charge on any atom is -0.360 e. The molecule has 5 heteroatoms. The molecular weight excluding hydrogens is 192 g/mol. The number of anilines is 1. The third-order valence-corrected chi connectivity index (χ3v) is 2.47. The molecule has 84 valence electrons. The van der Waals surface area contributed by atoms with Gasteiger partial charge in [0.1, 0.15) is 6.04 Å². The Bertz CT molecular complexity index is 307. The Labute approximate surface area is 90.1 Å². The summed E-state index contributed by atoms with van der Waals surface area (Å²) >= 11 is 0. The number of H-pyrrole nitrogens is 1. The first-order valence-corrected chi connectivity index (χ1v) is 5.00. The maximum absolute atomic E-state index is 11.9. The van der Waals surface area contributed by atoms with Gasteiger partial charge in [-0.2, -0.15) is 5.10 Å². The molecule has 0 bridgehead atoms. The maximum atomic E-state index is 11.9. The Balaban J connectivity index is 2.79. The number of carbonyl (C=O) groups excluding carboxylic acids is 1. The number of aromatic amines is 1. The van der Waals surface area contributed by atoms with E-state index in [4.69, 9.17) is 0 Å². The first kappa shape index (κ1) is 11.6. The van der Waals surface area contributed by atoms with Crippen LogP contribution in [0.25, 0.3) is 0 Å². The zero-order chi connectivity index (χ0) is 11.4. The van der Waals surface area contributed by atoms with Crippen LogP contribution in [0.2, 0.25) is 0 Å². The van der Waals surface area contributed by atoms with E-state index >= 15 is 0 Å². The number of nitrogens with zero attached hydrogens (tertiary/aromatic N) is 3. The van der Waals surface area contributed by atoms with Gasteiger partial charge >= 0.3 is 0 Å². The summed E-state index contributed by atoms with van der Waals surface area (Å²) in [5.41, 5.74) is 0.928. The van der Waals surface area contributed by atoms with E-state index in [0.29, 0.717) is 0 Å². The highest BCUT2D eigenvalue weighted by Crippen LogP contribution is 2.15. The lowest BCUT2D eigenvalue weighted by atomic mass is 10.1. The standard InChI is InChI=1S/C10H18N4O/c1-5-9(10(15)13(2)3)14(4)8-6-11-12-7-8/h6-7,9H,5H2,1-4H3,(H,11,12). The van der Waals surface area contributed by atoms with Crippen molar-refractivity contribution in [1.29, 1.82) is 0 Å². The zero-order valence-corrected chi connectivity index (χ0v) is 9.69. The first-order chi connectivity index (χ1) is 7.07. The van der Waals surface area contributed by atoms with Gasteiger partial charge in [-0.3, -0.25) is 9.89 Å². The largest absolute Gasteiger partial charge is 0.360 e. The van der Waals surface area contributed by atoms with Gasteiger partial charge < -0.3 is 9.80 Å². The van der Waals surface area contributed by atoms with E-state index in [-0.39, 0.29) is 11.9 Å². The summed E-state index contributed by atoms with van der Waals surface area (Å²) in [4.78, 5) is 15.4. The van der Waals surface area contributed by atoms with Gasteiger partial charge in [0, 0.05) is 27.3 Å². The summed E-state index contributed by atoms with van der Waals surface area (Å²) in [6.45, 7) is 2.00. The fraction of sp³-hybridized carbons (Fsp3) is 0.600. The highest BCUT2D eigenvalue weighted by molar-refractivity contribution is 5.84. The number of carbonyl (C=O) groups is 1. The molecule has 1 N–H and O–H groups in total. The third-order valence-electron chi connectivity index (χ3n) is 2.47. The van der Waals surface area contributed by atoms with Gasteiger partial charge in [-0.1, -0.05) is 6.92 Å². The molecule has 5 nitrogen and oxygen atoms in total. The number of nitrogens with one attached hydrogen (secondary N) is 1. The van der Waals surface area contributed by atoms with Crippen molar-refractivity contribution in [2.75, 3.05) is 26.0 Å². The second kappa shape index (κ2) is 4.82. The Hall–Kier alpha value is -1.52. The predicted octanol–water partition coefficient (Wildman–Crippen LogP) is 0.713. The molecule has 0 aliphatic rings. The molecule has 0 aliphatic carbocycles. The molecule has 1 heterocycles. The molecular formula is C10H18N4O. The Morgan fingerprint density at radius 2 is 2.20 bits per heavy atom. The van der Waals surface area contributed by atoms with Crippen molar-refractivity contribution < 1.29 is 4.79 Å². The SMILES string of the molecule is CCC(C(=O)N(C)C)N(C)c1cn[nH]c1. The van der Waals surface area contributed by atoms with Crippen molar-refractivity contribution in [2.24, 2.45) is 0 Å². The van der Waals surface area contributed by atoms with Crippen LogP contribution in [0, 0.1) is 0 Å². The van der Waals surface area contributed by atoms with Gasteiger partial charge in [0.2, 0.25) is 5.91 Å². The molecule has 1 unspecified atom stereocenters. The summed E-state index contributed by atoms with van der Waals surface area (Å²) in [6, 6.07) is -0.127. The van der Waals surface area contributed by atoms with E-state index in [1.54, 1.807) is 31.4 Å². The molecule has 1 aromatic heterocycles. The Kier molecular flexibility index (Phi) is 3.71. The first-order valence-electron chi connectivity index (χ1n) is 5.00. The second-order valence-corrected chi connectivity index (χ2v) is 3.72. The van der Waals surface area contributed by atoms with Gasteiger partial charge in [-0.15, -0.1) is 0 Å². The van der Waals surface area contributed by atoms with Crippen LogP contribution in [0.3, 0.4) is 0 Å². The van der Waals surface area contributed by atoms with Crippen LogP contribution in [0.1, 0.15) is 13.3 Å². The van der Waals surface area contributed by atoms with E-state index in [2.05, 4.69) is 10.2 Å². The highest BCUT2D eigenvalue weighted by atomic mass is 16.2. The van der Waals surface area contributed by atoms with E-state index in [1.807, 2.05) is 18.9 Å². The fourth-order valence-corrected chi connectivity index (χ4v) is 1.53. The normalized spacial score (nSPS) is 12.3. The van der Waals surface area contributed by atoms with Gasteiger partial charge in [-0.05, 0) is 6.42 Å². The Morgan fingerprint density at radius 3 is 2.60 bits per heavy atom. The van der Waals surface area contributed by atoms with Gasteiger partial charge in [0.05, 0.1) is 11.9 Å². The summed E-state index contributed by atoms with van der Waals surface area (Å²) in [6.07, 6.45) is 4.27. The van der Waals surface area contributed by atoms with Crippen LogP contribution >= 0.6 is 0 Å². The van der Waals surface area contributed by atoms with Crippen molar-refractivity contribution in [1.82, 2.24) is 15.1 Å². The molecule has 0 radical (unpaired) electrons. The van der Waals surface area contributed by atoms with Crippen LogP contribution < -0.4 is 4.90 Å². The van der Waals surface area contributed by atoms with E-state index in [1.165, 1.54) is 0 Å². The molecule has 0 saturated heterocycles. The summed E-state index contributed by atoms with van der Waals surface area (Å²) in [5, 5.41) is 6.61. The number of hydrogen-bond donors (Lipinski definition) is 1. The van der Waals surface area contributed by atoms with Crippen molar-refractivity contribution in [3.05, 3.63) is 12.4 Å². The van der Waals surface area contributed by atoms with Crippen LogP contribution in [0.5, 0.6) is 0 Å². The van der Waals surface area contributed by atoms with E-state index in [9.17, 15) is 4.79 Å². The molecule has 1 amide bonds. The van der Waals surface area contributed by atoms with Crippen molar-refractivity contribution >= 4 is 11.6 Å². The van der Waals surface area contributed by atoms with Crippen LogP contribution in [0.4, 0.5) is 5.69 Å². The summed E-state index contributed by atoms with van der Waals surface area (Å²) in [5.74, 6) is 0.112. The number of rotatable bonds is 4. The zero-order valence-electron chi connectivity index (χ0n) is 9.69. The molecule has 15 heavy (non-hydrogen) atoms. The lowest BCUT2D eigenvalue weighted by Gasteiger charge is -2.28. The molecule has 1 rings (SSSR count). The molecule has 1 aromatic rings. The highest BCUT2D eigenvalue weighted by Gasteiger charge is 2.23. The predicted molar refractivity (Wildman–Crippen MR) is 59.8 cm³/mol. The van der Waals surface area contributed by atoms with Crippen LogP contribution in [-0.4, -0.2) is 48.2 Å². The average molecular weight is 210 g/mol. The number of aromatic nitrogens is 2. The van der Waals surface area contributed by atoms with Gasteiger partial charge in [0.25, 0.3) is 0 Å². The van der Waals surface area contributed by atoms with Crippen LogP contribution in [-0.2, 0) is 4.79 Å². The van der Waals surface area contributed by atoms with Gasteiger partial charge in [0.15, 0.2) is 0 Å². The van der Waals surface area contributed by atoms with Crippen molar-refractivity contribution in [3.63, 3.8) is 0 Å². The molecule has 0 fully saturated rings. The minimum atomic E-state index is -0.127. The minimum absolute atomic E-state index is 0.112. The van der Waals surface area contributed by atoms with E-state index in [0.717, 1.165) is 12.1 Å². The molecule has 0 aromatic carbocycles. The maximum Gasteiger partial charge on any atom is 0.244 e. The molecule has 1 atom stereocenters. The second-order valence-electron chi connectivity index (χ2n) is 3.72. The average Bonchev–Trinajstić information content (AvgIpc) is 2.71.